The zero-order chi connectivity index (χ0) is 23.1. The summed E-state index contributed by atoms with van der Waals surface area (Å²) >= 11 is 0. The van der Waals surface area contributed by atoms with Crippen molar-refractivity contribution >= 4 is 19.8 Å². The van der Waals surface area contributed by atoms with Gasteiger partial charge in [0.05, 0.1) is 22.4 Å². The molecular formula is C26H32B2O4. The van der Waals surface area contributed by atoms with Crippen LogP contribution in [0.25, 0.3) is 16.7 Å². The number of rotatable bonds is 2. The first kappa shape index (κ1) is 22.0. The van der Waals surface area contributed by atoms with E-state index in [1.807, 2.05) is 0 Å². The zero-order valence-electron chi connectivity index (χ0n) is 20.4. The first-order valence-electron chi connectivity index (χ1n) is 11.5. The molecule has 4 nitrogen and oxygen atoms in total. The quantitative estimate of drug-likeness (QED) is 0.487. The van der Waals surface area contributed by atoms with Gasteiger partial charge in [-0.15, -0.1) is 0 Å². The Morgan fingerprint density at radius 1 is 0.500 bits per heavy atom. The Hall–Kier alpha value is -1.85. The van der Waals surface area contributed by atoms with E-state index in [4.69, 9.17) is 18.6 Å². The van der Waals surface area contributed by atoms with Gasteiger partial charge in [-0.05, 0) is 88.6 Å². The van der Waals surface area contributed by atoms with Gasteiger partial charge in [0.1, 0.15) is 0 Å². The summed E-state index contributed by atoms with van der Waals surface area (Å²) in [7, 11) is -1.16. The Bertz CT molecular complexity index is 999. The zero-order valence-corrected chi connectivity index (χ0v) is 20.4. The highest BCUT2D eigenvalue weighted by Crippen LogP contribution is 2.50. The van der Waals surface area contributed by atoms with Crippen molar-refractivity contribution in [3.05, 3.63) is 65.0 Å². The van der Waals surface area contributed by atoms with E-state index in [1.165, 1.54) is 11.1 Å². The van der Waals surface area contributed by atoms with Gasteiger partial charge in [0.25, 0.3) is 0 Å². The molecule has 6 heteroatoms. The molecule has 0 spiro atoms. The molecule has 0 bridgehead atoms. The number of hydrogen-bond acceptors (Lipinski definition) is 4. The Balaban J connectivity index is 1.76. The lowest BCUT2D eigenvalue weighted by molar-refractivity contribution is 0.00578. The van der Waals surface area contributed by atoms with Crippen LogP contribution in [0.3, 0.4) is 0 Å². The van der Waals surface area contributed by atoms with Crippen molar-refractivity contribution in [2.24, 2.45) is 0 Å². The number of hydrogen-bond donors (Lipinski definition) is 0. The molecule has 3 aliphatic rings. The van der Waals surface area contributed by atoms with E-state index >= 15 is 0 Å². The van der Waals surface area contributed by atoms with Gasteiger partial charge in [0.2, 0.25) is 0 Å². The predicted octanol–water partition coefficient (Wildman–Crippen LogP) is 5.73. The Morgan fingerprint density at radius 3 is 1.09 bits per heavy atom. The third kappa shape index (κ3) is 3.07. The summed E-state index contributed by atoms with van der Waals surface area (Å²) in [5, 5.41) is 0.903. The molecule has 2 saturated heterocycles. The lowest BCUT2D eigenvalue weighted by atomic mass is 9.54. The van der Waals surface area contributed by atoms with Gasteiger partial charge in [0.15, 0.2) is 0 Å². The number of benzene rings is 2. The minimum Gasteiger partial charge on any atom is -0.400 e. The van der Waals surface area contributed by atoms with Crippen LogP contribution in [0.2, 0.25) is 0 Å². The van der Waals surface area contributed by atoms with Crippen molar-refractivity contribution in [3.63, 3.8) is 0 Å². The molecular weight excluding hydrogens is 398 g/mol. The Kier molecular flexibility index (Phi) is 4.69. The minimum atomic E-state index is -0.580. The van der Waals surface area contributed by atoms with E-state index in [2.05, 4.69) is 104 Å². The van der Waals surface area contributed by atoms with Crippen molar-refractivity contribution in [2.45, 2.75) is 77.8 Å². The van der Waals surface area contributed by atoms with E-state index in [1.54, 1.807) is 0 Å². The van der Waals surface area contributed by atoms with Crippen molar-refractivity contribution < 1.29 is 18.6 Å². The molecule has 2 aromatic carbocycles. The standard InChI is InChI=1S/C26H32B2O4/c1-23(2)24(3,4)30-27(29-23)22(28-31-25(5,6)26(7,8)32-28)21-19-15-11-9-13-17(19)18-14-10-12-16-20(18)21/h9-16H,1-8H3. The molecule has 2 aromatic rings. The van der Waals surface area contributed by atoms with Gasteiger partial charge in [-0.2, -0.15) is 0 Å². The summed E-state index contributed by atoms with van der Waals surface area (Å²) in [4.78, 5) is 0. The van der Waals surface area contributed by atoms with Gasteiger partial charge >= 0.3 is 14.2 Å². The molecule has 0 radical (unpaired) electrons. The molecule has 2 fully saturated rings. The molecule has 0 N–H and O–H groups in total. The van der Waals surface area contributed by atoms with E-state index in [9.17, 15) is 0 Å². The fraction of sp³-hybridized carbons (Fsp3) is 0.462. The van der Waals surface area contributed by atoms with Crippen LogP contribution in [0, 0.1) is 0 Å². The highest BCUT2D eigenvalue weighted by Gasteiger charge is 2.60. The molecule has 0 aromatic heterocycles. The second kappa shape index (κ2) is 6.83. The van der Waals surface area contributed by atoms with Crippen molar-refractivity contribution in [2.75, 3.05) is 0 Å². The average molecular weight is 430 g/mol. The van der Waals surface area contributed by atoms with E-state index in [0.717, 1.165) is 22.1 Å². The summed E-state index contributed by atoms with van der Waals surface area (Å²) < 4.78 is 26.3. The van der Waals surface area contributed by atoms with Crippen molar-refractivity contribution in [1.29, 1.82) is 0 Å². The predicted molar refractivity (Wildman–Crippen MR) is 130 cm³/mol. The van der Waals surface area contributed by atoms with Gasteiger partial charge in [-0.1, -0.05) is 48.5 Å². The van der Waals surface area contributed by atoms with Crippen LogP contribution < -0.4 is 0 Å². The van der Waals surface area contributed by atoms with Crippen molar-refractivity contribution in [3.8, 4) is 11.1 Å². The molecule has 0 unspecified atom stereocenters. The summed E-state index contributed by atoms with van der Waals surface area (Å²) in [5.74, 6) is 0. The fourth-order valence-corrected chi connectivity index (χ4v) is 4.61. The van der Waals surface area contributed by atoms with Crippen LogP contribution in [-0.4, -0.2) is 36.6 Å². The summed E-state index contributed by atoms with van der Waals surface area (Å²) in [6, 6.07) is 17.0. The molecule has 2 aliphatic heterocycles. The fourth-order valence-electron chi connectivity index (χ4n) is 4.61. The lowest BCUT2D eigenvalue weighted by Crippen LogP contribution is -2.41. The van der Waals surface area contributed by atoms with Crippen LogP contribution in [0.5, 0.6) is 0 Å². The van der Waals surface area contributed by atoms with Crippen LogP contribution in [0.15, 0.2) is 53.9 Å². The monoisotopic (exact) mass is 430 g/mol. The molecule has 0 saturated carbocycles. The SMILES string of the molecule is CC1(C)OB(C(B2OC(C)(C)C(C)(C)O2)=C2c3ccccc3-c3ccccc32)OC1(C)C. The first-order valence-corrected chi connectivity index (χ1v) is 11.5. The van der Waals surface area contributed by atoms with Gasteiger partial charge in [-0.25, -0.2) is 0 Å². The topological polar surface area (TPSA) is 36.9 Å². The first-order chi connectivity index (χ1) is 14.8. The van der Waals surface area contributed by atoms with Crippen LogP contribution in [0.4, 0.5) is 0 Å². The largest absolute Gasteiger partial charge is 0.487 e. The summed E-state index contributed by atoms with van der Waals surface area (Å²) in [6.07, 6.45) is 0. The highest BCUT2D eigenvalue weighted by atomic mass is 16.7. The third-order valence-corrected chi connectivity index (χ3v) is 7.99. The van der Waals surface area contributed by atoms with Gasteiger partial charge in [0, 0.05) is 0 Å². The normalized spacial score (nSPS) is 23.9. The van der Waals surface area contributed by atoms with E-state index in [-0.39, 0.29) is 0 Å². The summed E-state index contributed by atoms with van der Waals surface area (Å²) in [5.41, 5.74) is 3.96. The maximum atomic E-state index is 6.58. The van der Waals surface area contributed by atoms with Crippen LogP contribution in [0.1, 0.15) is 66.5 Å². The Morgan fingerprint density at radius 2 is 0.781 bits per heavy atom. The highest BCUT2D eigenvalue weighted by molar-refractivity contribution is 6.80. The van der Waals surface area contributed by atoms with Gasteiger partial charge < -0.3 is 18.6 Å². The molecule has 32 heavy (non-hydrogen) atoms. The van der Waals surface area contributed by atoms with Crippen LogP contribution >= 0.6 is 0 Å². The van der Waals surface area contributed by atoms with Crippen LogP contribution in [-0.2, 0) is 18.6 Å². The second-order valence-electron chi connectivity index (χ2n) is 11.1. The van der Waals surface area contributed by atoms with E-state index < -0.39 is 36.6 Å². The number of fused-ring (bicyclic) bond motifs is 3. The lowest BCUT2D eigenvalue weighted by Gasteiger charge is -2.32. The molecule has 166 valence electrons. The third-order valence-electron chi connectivity index (χ3n) is 7.99. The summed E-state index contributed by atoms with van der Waals surface area (Å²) in [6.45, 7) is 16.6. The molecule has 5 rings (SSSR count). The minimum absolute atomic E-state index is 0.468. The molecule has 2 heterocycles. The molecule has 0 atom stereocenters. The molecule has 1 aliphatic carbocycles. The van der Waals surface area contributed by atoms with Gasteiger partial charge in [-0.3, -0.25) is 0 Å². The second-order valence-corrected chi connectivity index (χ2v) is 11.1. The van der Waals surface area contributed by atoms with E-state index in [0.29, 0.717) is 0 Å². The Labute approximate surface area is 192 Å². The smallest absolute Gasteiger partial charge is 0.400 e. The maximum absolute atomic E-state index is 6.58. The maximum Gasteiger partial charge on any atom is 0.487 e. The van der Waals surface area contributed by atoms with Crippen molar-refractivity contribution in [1.82, 2.24) is 0 Å². The molecule has 0 amide bonds. The average Bonchev–Trinajstić information content (AvgIpc) is 3.21.